The molecule has 16 heavy (non-hydrogen) atoms. The van der Waals surface area contributed by atoms with Crippen molar-refractivity contribution in [2.75, 3.05) is 6.61 Å². The van der Waals surface area contributed by atoms with Crippen molar-refractivity contribution in [1.82, 2.24) is 0 Å². The van der Waals surface area contributed by atoms with E-state index in [4.69, 9.17) is 21.4 Å². The Bertz CT molecular complexity index is 393. The van der Waals surface area contributed by atoms with E-state index in [1.165, 1.54) is 11.6 Å². The quantitative estimate of drug-likeness (QED) is 0.803. The Kier molecular flexibility index (Phi) is 5.16. The van der Waals surface area contributed by atoms with Gasteiger partial charge in [0.25, 0.3) is 0 Å². The fraction of sp³-hybridized carbons (Fsp3) is 0.0833. The van der Waals surface area contributed by atoms with Crippen LogP contribution in [0.5, 0.6) is 5.75 Å². The lowest BCUT2D eigenvalue weighted by Crippen LogP contribution is -1.92. The molecule has 0 aliphatic carbocycles. The van der Waals surface area contributed by atoms with Gasteiger partial charge in [-0.05, 0) is 29.8 Å². The molecule has 0 atom stereocenters. The summed E-state index contributed by atoms with van der Waals surface area (Å²) in [6, 6.07) is 7.09. The van der Waals surface area contributed by atoms with Gasteiger partial charge in [0.1, 0.15) is 12.4 Å². The number of aliphatic carboxylic acids is 1. The predicted octanol–water partition coefficient (Wildman–Crippen LogP) is 2.92. The van der Waals surface area contributed by atoms with Crippen molar-refractivity contribution in [2.45, 2.75) is 0 Å². The molecule has 1 rings (SSSR count). The Morgan fingerprint density at radius 2 is 2.06 bits per heavy atom. The Morgan fingerprint density at radius 3 is 2.62 bits per heavy atom. The lowest BCUT2D eigenvalue weighted by atomic mass is 10.2. The van der Waals surface area contributed by atoms with E-state index < -0.39 is 5.97 Å². The molecule has 0 bridgehead atoms. The van der Waals surface area contributed by atoms with Crippen molar-refractivity contribution in [2.24, 2.45) is 0 Å². The number of hydrogen-bond donors (Lipinski definition) is 1. The number of carboxylic acids is 1. The maximum Gasteiger partial charge on any atom is 0.328 e. The standard InChI is InChI=1S/C12H11ClO3/c13-8-1-9-16-11-5-2-10(3-6-11)4-7-12(14)15/h1-8H,9H2,(H,14,15)/b7-4+,8-1+. The van der Waals surface area contributed by atoms with Crippen molar-refractivity contribution in [3.05, 3.63) is 47.5 Å². The van der Waals surface area contributed by atoms with Gasteiger partial charge in [0.2, 0.25) is 0 Å². The van der Waals surface area contributed by atoms with Crippen molar-refractivity contribution in [3.8, 4) is 5.75 Å². The van der Waals surface area contributed by atoms with E-state index in [2.05, 4.69) is 0 Å². The fourth-order valence-electron chi connectivity index (χ4n) is 1.02. The normalized spacial score (nSPS) is 11.1. The minimum atomic E-state index is -0.965. The van der Waals surface area contributed by atoms with Crippen LogP contribution in [-0.4, -0.2) is 17.7 Å². The van der Waals surface area contributed by atoms with Gasteiger partial charge in [-0.25, -0.2) is 4.79 Å². The third kappa shape index (κ3) is 4.66. The molecule has 0 spiro atoms. The highest BCUT2D eigenvalue weighted by atomic mass is 35.5. The van der Waals surface area contributed by atoms with Gasteiger partial charge in [-0.2, -0.15) is 0 Å². The zero-order valence-corrected chi connectivity index (χ0v) is 9.22. The van der Waals surface area contributed by atoms with Gasteiger partial charge in [0.15, 0.2) is 0 Å². The molecule has 0 aliphatic heterocycles. The first kappa shape index (κ1) is 12.3. The summed E-state index contributed by atoms with van der Waals surface area (Å²) in [7, 11) is 0. The van der Waals surface area contributed by atoms with Crippen LogP contribution in [0.15, 0.2) is 42.0 Å². The van der Waals surface area contributed by atoms with E-state index in [-0.39, 0.29) is 0 Å². The van der Waals surface area contributed by atoms with E-state index in [1.54, 1.807) is 30.3 Å². The highest BCUT2D eigenvalue weighted by Gasteiger charge is 1.92. The third-order valence-electron chi connectivity index (χ3n) is 1.73. The third-order valence-corrected chi connectivity index (χ3v) is 1.91. The van der Waals surface area contributed by atoms with E-state index in [0.717, 1.165) is 11.6 Å². The van der Waals surface area contributed by atoms with E-state index in [9.17, 15) is 4.79 Å². The van der Waals surface area contributed by atoms with Gasteiger partial charge in [0.05, 0.1) is 0 Å². The molecule has 1 aromatic carbocycles. The molecule has 0 unspecified atom stereocenters. The molecule has 84 valence electrons. The lowest BCUT2D eigenvalue weighted by Gasteiger charge is -2.02. The van der Waals surface area contributed by atoms with Crippen molar-refractivity contribution >= 4 is 23.6 Å². The highest BCUT2D eigenvalue weighted by Crippen LogP contribution is 2.13. The van der Waals surface area contributed by atoms with E-state index >= 15 is 0 Å². The second-order valence-corrected chi connectivity index (χ2v) is 3.17. The smallest absolute Gasteiger partial charge is 0.328 e. The van der Waals surface area contributed by atoms with E-state index in [1.807, 2.05) is 0 Å². The molecule has 0 aliphatic rings. The van der Waals surface area contributed by atoms with Crippen molar-refractivity contribution < 1.29 is 14.6 Å². The van der Waals surface area contributed by atoms with Gasteiger partial charge >= 0.3 is 5.97 Å². The average Bonchev–Trinajstić information content (AvgIpc) is 2.28. The van der Waals surface area contributed by atoms with Gasteiger partial charge < -0.3 is 9.84 Å². The second-order valence-electron chi connectivity index (χ2n) is 2.91. The molecule has 0 heterocycles. The molecule has 1 N–H and O–H groups in total. The number of benzene rings is 1. The molecule has 0 saturated heterocycles. The molecule has 0 fully saturated rings. The predicted molar refractivity (Wildman–Crippen MR) is 63.6 cm³/mol. The number of rotatable bonds is 5. The fourth-order valence-corrected chi connectivity index (χ4v) is 1.10. The highest BCUT2D eigenvalue weighted by molar-refractivity contribution is 6.25. The summed E-state index contributed by atoms with van der Waals surface area (Å²) in [6.45, 7) is 0.411. The zero-order chi connectivity index (χ0) is 11.8. The van der Waals surface area contributed by atoms with E-state index in [0.29, 0.717) is 12.4 Å². The number of carbonyl (C=O) groups is 1. The molecule has 1 aromatic rings. The molecular weight excluding hydrogens is 228 g/mol. The Hall–Kier alpha value is -1.74. The number of carboxylic acid groups (broad SMARTS) is 1. The van der Waals surface area contributed by atoms with Crippen LogP contribution in [0.1, 0.15) is 5.56 Å². The topological polar surface area (TPSA) is 46.5 Å². The summed E-state index contributed by atoms with van der Waals surface area (Å²) in [5.74, 6) is -0.255. The van der Waals surface area contributed by atoms with Gasteiger partial charge in [-0.1, -0.05) is 23.7 Å². The van der Waals surface area contributed by atoms with Gasteiger partial charge in [-0.15, -0.1) is 0 Å². The van der Waals surface area contributed by atoms with Crippen LogP contribution in [0.3, 0.4) is 0 Å². The summed E-state index contributed by atoms with van der Waals surface area (Å²) in [5, 5.41) is 8.44. The average molecular weight is 239 g/mol. The Morgan fingerprint density at radius 1 is 1.38 bits per heavy atom. The summed E-state index contributed by atoms with van der Waals surface area (Å²) in [4.78, 5) is 10.3. The monoisotopic (exact) mass is 238 g/mol. The summed E-state index contributed by atoms with van der Waals surface area (Å²) >= 11 is 5.34. The van der Waals surface area contributed by atoms with Crippen LogP contribution in [0.2, 0.25) is 0 Å². The molecule has 0 radical (unpaired) electrons. The van der Waals surface area contributed by atoms with Crippen LogP contribution in [0.25, 0.3) is 6.08 Å². The number of hydrogen-bond acceptors (Lipinski definition) is 2. The van der Waals surface area contributed by atoms with Crippen molar-refractivity contribution in [3.63, 3.8) is 0 Å². The van der Waals surface area contributed by atoms with Crippen LogP contribution >= 0.6 is 11.6 Å². The molecule has 3 nitrogen and oxygen atoms in total. The maximum absolute atomic E-state index is 10.3. The molecule has 4 heteroatoms. The number of halogens is 1. The summed E-state index contributed by atoms with van der Waals surface area (Å²) < 4.78 is 5.32. The Labute approximate surface area is 98.6 Å². The second kappa shape index (κ2) is 6.69. The zero-order valence-electron chi connectivity index (χ0n) is 8.47. The first-order valence-electron chi connectivity index (χ1n) is 4.61. The number of ether oxygens (including phenoxy) is 1. The lowest BCUT2D eigenvalue weighted by molar-refractivity contribution is -0.131. The van der Waals surface area contributed by atoms with Crippen LogP contribution in [0.4, 0.5) is 0 Å². The van der Waals surface area contributed by atoms with Crippen LogP contribution in [-0.2, 0) is 4.79 Å². The summed E-state index contributed by atoms with van der Waals surface area (Å²) in [6.07, 6.45) is 4.29. The van der Waals surface area contributed by atoms with Crippen LogP contribution < -0.4 is 4.74 Å². The SMILES string of the molecule is O=C(O)/C=C/c1ccc(OC/C=C/Cl)cc1. The first-order valence-corrected chi connectivity index (χ1v) is 5.05. The van der Waals surface area contributed by atoms with Gasteiger partial charge in [-0.3, -0.25) is 0 Å². The van der Waals surface area contributed by atoms with Crippen molar-refractivity contribution in [1.29, 1.82) is 0 Å². The minimum absolute atomic E-state index is 0.411. The first-order chi connectivity index (χ1) is 7.72. The Balaban J connectivity index is 2.57. The maximum atomic E-state index is 10.3. The largest absolute Gasteiger partial charge is 0.490 e. The van der Waals surface area contributed by atoms with Gasteiger partial charge in [0, 0.05) is 11.6 Å². The molecule has 0 amide bonds. The molecular formula is C12H11ClO3. The summed E-state index contributed by atoms with van der Waals surface area (Å²) in [5.41, 5.74) is 2.20. The minimum Gasteiger partial charge on any atom is -0.490 e. The molecule has 0 aromatic heterocycles. The molecule has 0 saturated carbocycles. The van der Waals surface area contributed by atoms with Crippen LogP contribution in [0, 0.1) is 0 Å².